The first-order valence-corrected chi connectivity index (χ1v) is 12.1. The zero-order valence-corrected chi connectivity index (χ0v) is 21.1. The smallest absolute Gasteiger partial charge is 0.341 e. The molecular weight excluding hydrogens is 422 g/mol. The molecule has 0 aliphatic heterocycles. The average molecular weight is 458 g/mol. The fourth-order valence-corrected chi connectivity index (χ4v) is 5.61. The van der Waals surface area contributed by atoms with E-state index in [2.05, 4.69) is 39.9 Å². The van der Waals surface area contributed by atoms with Gasteiger partial charge in [-0.05, 0) is 66.2 Å². The number of hydrogen-bond donors (Lipinski definition) is 1. The van der Waals surface area contributed by atoms with Crippen LogP contribution < -0.4 is 10.1 Å². The number of ether oxygens (including phenoxy) is 2. The number of hydrogen-bond acceptors (Lipinski definition) is 5. The third-order valence-electron chi connectivity index (χ3n) is 6.28. The molecule has 3 rings (SSSR count). The third-order valence-corrected chi connectivity index (χ3v) is 7.45. The lowest BCUT2D eigenvalue weighted by Crippen LogP contribution is -2.26. The molecule has 2 aromatic rings. The molecule has 6 heteroatoms. The van der Waals surface area contributed by atoms with Gasteiger partial charge in [0.25, 0.3) is 5.91 Å². The molecule has 0 fully saturated rings. The second-order valence-corrected chi connectivity index (χ2v) is 11.1. The van der Waals surface area contributed by atoms with Gasteiger partial charge in [0.05, 0.1) is 12.7 Å². The van der Waals surface area contributed by atoms with Gasteiger partial charge in [0, 0.05) is 4.88 Å². The second-order valence-electron chi connectivity index (χ2n) is 10.0. The normalized spacial score (nSPS) is 15.9. The Morgan fingerprint density at radius 3 is 2.59 bits per heavy atom. The van der Waals surface area contributed by atoms with Crippen LogP contribution in [0.25, 0.3) is 0 Å². The summed E-state index contributed by atoms with van der Waals surface area (Å²) in [6.45, 7) is 12.9. The first-order valence-electron chi connectivity index (χ1n) is 11.3. The van der Waals surface area contributed by atoms with Crippen LogP contribution in [0.2, 0.25) is 0 Å². The zero-order chi connectivity index (χ0) is 23.6. The van der Waals surface area contributed by atoms with E-state index in [0.29, 0.717) is 22.4 Å². The molecule has 0 saturated heterocycles. The van der Waals surface area contributed by atoms with Gasteiger partial charge in [-0.25, -0.2) is 4.79 Å². The maximum Gasteiger partial charge on any atom is 0.341 e. The topological polar surface area (TPSA) is 64.6 Å². The molecule has 0 saturated carbocycles. The van der Waals surface area contributed by atoms with Crippen LogP contribution in [0.1, 0.15) is 78.9 Å². The molecule has 1 heterocycles. The van der Waals surface area contributed by atoms with Gasteiger partial charge in [-0.2, -0.15) is 0 Å². The number of esters is 1. The van der Waals surface area contributed by atoms with Crippen molar-refractivity contribution in [2.45, 2.75) is 66.7 Å². The molecule has 1 aliphatic carbocycles. The lowest BCUT2D eigenvalue weighted by molar-refractivity contribution is -0.118. The van der Waals surface area contributed by atoms with Crippen LogP contribution in [-0.2, 0) is 22.4 Å². The number of rotatable bonds is 6. The number of nitrogens with one attached hydrogen (secondary N) is 1. The SMILES string of the molecule is COC(=O)c1c(NC(=O)COc2cc(C)ccc2C(C)C)sc2c1CC[C@@H](C(C)(C)C)C2. The highest BCUT2D eigenvalue weighted by Crippen LogP contribution is 2.44. The number of anilines is 1. The number of fused-ring (bicyclic) bond motifs is 1. The van der Waals surface area contributed by atoms with Crippen LogP contribution in [0.15, 0.2) is 18.2 Å². The first-order chi connectivity index (χ1) is 15.0. The monoisotopic (exact) mass is 457 g/mol. The van der Waals surface area contributed by atoms with E-state index in [4.69, 9.17) is 9.47 Å². The molecule has 1 atom stereocenters. The van der Waals surface area contributed by atoms with Gasteiger partial charge in [-0.3, -0.25) is 4.79 Å². The molecule has 1 aliphatic rings. The number of carbonyl (C=O) groups is 2. The van der Waals surface area contributed by atoms with Gasteiger partial charge in [-0.1, -0.05) is 46.8 Å². The summed E-state index contributed by atoms with van der Waals surface area (Å²) in [6, 6.07) is 6.05. The maximum absolute atomic E-state index is 12.8. The first kappa shape index (κ1) is 24.3. The molecule has 1 aromatic carbocycles. The Morgan fingerprint density at radius 1 is 1.25 bits per heavy atom. The molecule has 32 heavy (non-hydrogen) atoms. The van der Waals surface area contributed by atoms with Crippen LogP contribution >= 0.6 is 11.3 Å². The molecule has 0 spiro atoms. The van der Waals surface area contributed by atoms with E-state index in [0.717, 1.165) is 41.7 Å². The average Bonchev–Trinajstić information content (AvgIpc) is 3.07. The van der Waals surface area contributed by atoms with E-state index in [1.165, 1.54) is 23.3 Å². The standard InChI is InChI=1S/C26H35NO4S/c1-15(2)18-10-8-16(3)12-20(18)31-14-22(28)27-24-23(25(29)30-7)19-11-9-17(26(4,5)6)13-21(19)32-24/h8,10,12,15,17H,9,11,13-14H2,1-7H3,(H,27,28)/t17-/m1/s1. The Morgan fingerprint density at radius 2 is 1.97 bits per heavy atom. The van der Waals surface area contributed by atoms with Crippen molar-refractivity contribution in [3.63, 3.8) is 0 Å². The van der Waals surface area contributed by atoms with Gasteiger partial charge in [0.1, 0.15) is 10.8 Å². The van der Waals surface area contributed by atoms with Gasteiger partial charge in [-0.15, -0.1) is 11.3 Å². The highest BCUT2D eigenvalue weighted by atomic mass is 32.1. The minimum Gasteiger partial charge on any atom is -0.483 e. The highest BCUT2D eigenvalue weighted by molar-refractivity contribution is 7.17. The second kappa shape index (κ2) is 9.65. The van der Waals surface area contributed by atoms with E-state index in [9.17, 15) is 9.59 Å². The summed E-state index contributed by atoms with van der Waals surface area (Å²) in [5.41, 5.74) is 3.88. The van der Waals surface area contributed by atoms with Crippen LogP contribution in [0.4, 0.5) is 5.00 Å². The number of carbonyl (C=O) groups excluding carboxylic acids is 2. The summed E-state index contributed by atoms with van der Waals surface area (Å²) in [5, 5.41) is 3.49. The van der Waals surface area contributed by atoms with E-state index >= 15 is 0 Å². The van der Waals surface area contributed by atoms with Crippen molar-refractivity contribution < 1.29 is 19.1 Å². The fourth-order valence-electron chi connectivity index (χ4n) is 4.28. The molecule has 0 unspecified atom stereocenters. The van der Waals surface area contributed by atoms with Crippen molar-refractivity contribution in [3.8, 4) is 5.75 Å². The van der Waals surface area contributed by atoms with Crippen molar-refractivity contribution in [2.75, 3.05) is 19.0 Å². The Labute approximate surface area is 195 Å². The molecule has 5 nitrogen and oxygen atoms in total. The fraction of sp³-hybridized carbons (Fsp3) is 0.538. The highest BCUT2D eigenvalue weighted by Gasteiger charge is 2.34. The summed E-state index contributed by atoms with van der Waals surface area (Å²) in [6.07, 6.45) is 2.77. The molecule has 174 valence electrons. The molecule has 1 N–H and O–H groups in total. The minimum atomic E-state index is -0.395. The van der Waals surface area contributed by atoms with E-state index < -0.39 is 5.97 Å². The van der Waals surface area contributed by atoms with Crippen molar-refractivity contribution in [3.05, 3.63) is 45.3 Å². The van der Waals surface area contributed by atoms with Gasteiger partial charge >= 0.3 is 5.97 Å². The largest absolute Gasteiger partial charge is 0.483 e. The Balaban J connectivity index is 1.79. The van der Waals surface area contributed by atoms with Crippen molar-refractivity contribution in [1.82, 2.24) is 0 Å². The summed E-state index contributed by atoms with van der Waals surface area (Å²) in [7, 11) is 1.38. The predicted octanol–water partition coefficient (Wildman–Crippen LogP) is 6.14. The van der Waals surface area contributed by atoms with E-state index in [1.807, 2.05) is 25.1 Å². The molecule has 1 amide bonds. The van der Waals surface area contributed by atoms with Crippen molar-refractivity contribution >= 4 is 28.2 Å². The molecular formula is C26H35NO4S. The van der Waals surface area contributed by atoms with Gasteiger partial charge in [0.15, 0.2) is 6.61 Å². The van der Waals surface area contributed by atoms with Gasteiger partial charge in [0.2, 0.25) is 0 Å². The van der Waals surface area contributed by atoms with Crippen LogP contribution in [0.3, 0.4) is 0 Å². The van der Waals surface area contributed by atoms with Crippen LogP contribution in [0, 0.1) is 18.3 Å². The van der Waals surface area contributed by atoms with Crippen LogP contribution in [-0.4, -0.2) is 25.6 Å². The number of methoxy groups -OCH3 is 1. The Kier molecular flexibility index (Phi) is 7.33. The molecule has 0 bridgehead atoms. The molecule has 1 aromatic heterocycles. The van der Waals surface area contributed by atoms with E-state index in [1.54, 1.807) is 0 Å². The Hall–Kier alpha value is -2.34. The lowest BCUT2D eigenvalue weighted by atomic mass is 9.72. The number of amides is 1. The maximum atomic E-state index is 12.8. The van der Waals surface area contributed by atoms with Crippen molar-refractivity contribution in [1.29, 1.82) is 0 Å². The third kappa shape index (κ3) is 5.34. The minimum absolute atomic E-state index is 0.114. The number of benzene rings is 1. The number of thiophene rings is 1. The summed E-state index contributed by atoms with van der Waals surface area (Å²) in [5.74, 6) is 0.883. The van der Waals surface area contributed by atoms with E-state index in [-0.39, 0.29) is 17.9 Å². The van der Waals surface area contributed by atoms with Crippen molar-refractivity contribution in [2.24, 2.45) is 11.3 Å². The summed E-state index contributed by atoms with van der Waals surface area (Å²) >= 11 is 1.50. The zero-order valence-electron chi connectivity index (χ0n) is 20.3. The lowest BCUT2D eigenvalue weighted by Gasteiger charge is -2.33. The summed E-state index contributed by atoms with van der Waals surface area (Å²) in [4.78, 5) is 26.5. The quantitative estimate of drug-likeness (QED) is 0.530. The predicted molar refractivity (Wildman–Crippen MR) is 130 cm³/mol. The number of aryl methyl sites for hydroxylation is 1. The molecule has 0 radical (unpaired) electrons. The van der Waals surface area contributed by atoms with Gasteiger partial charge < -0.3 is 14.8 Å². The Bertz CT molecular complexity index is 1000. The van der Waals surface area contributed by atoms with Crippen LogP contribution in [0.5, 0.6) is 5.75 Å². The summed E-state index contributed by atoms with van der Waals surface area (Å²) < 4.78 is 10.9.